The van der Waals surface area contributed by atoms with E-state index in [0.29, 0.717) is 17.6 Å². The number of carbonyl (C=O) groups excluding carboxylic acids is 1. The summed E-state index contributed by atoms with van der Waals surface area (Å²) in [6, 6.07) is 0. The lowest BCUT2D eigenvalue weighted by Gasteiger charge is -2.28. The van der Waals surface area contributed by atoms with Crippen molar-refractivity contribution in [1.29, 1.82) is 0 Å². The zero-order chi connectivity index (χ0) is 14.6. The second-order valence-electron chi connectivity index (χ2n) is 6.70. The van der Waals surface area contributed by atoms with Gasteiger partial charge in [-0.15, -0.1) is 0 Å². The average molecular weight is 260 g/mol. The molecule has 0 aliphatic carbocycles. The number of quaternary nitrogens is 1. The number of likely N-dealkylation sites (N-methyl/N-ethyl adjacent to an activating group) is 1. The first-order valence-corrected chi connectivity index (χ1v) is 6.12. The smallest absolute Gasteiger partial charge is 0.310 e. The minimum Gasteiger partial charge on any atom is -0.481 e. The zero-order valence-corrected chi connectivity index (χ0v) is 12.3. The summed E-state index contributed by atoms with van der Waals surface area (Å²) >= 11 is 0. The minimum absolute atomic E-state index is 0.188. The molecule has 0 fully saturated rings. The lowest BCUT2D eigenvalue weighted by atomic mass is 9.79. The monoisotopic (exact) mass is 260 g/mol. The molecule has 0 saturated heterocycles. The van der Waals surface area contributed by atoms with E-state index >= 15 is 0 Å². The van der Waals surface area contributed by atoms with Crippen molar-refractivity contribution in [3.05, 3.63) is 0 Å². The summed E-state index contributed by atoms with van der Waals surface area (Å²) in [4.78, 5) is 22.7. The Kier molecular flexibility index (Phi) is 5.80. The number of nitrogens with zero attached hydrogens (tertiary/aromatic N) is 1. The Morgan fingerprint density at radius 3 is 2.06 bits per heavy atom. The average Bonchev–Trinajstić information content (AvgIpc) is 2.09. The molecule has 0 spiro atoms. The topological polar surface area (TPSA) is 63.6 Å². The molecular weight excluding hydrogens is 234 g/mol. The normalized spacial score (nSPS) is 14.1. The fourth-order valence-electron chi connectivity index (χ4n) is 1.44. The number of carbonyl (C=O) groups is 2. The van der Waals surface area contributed by atoms with Gasteiger partial charge in [0.1, 0.15) is 13.2 Å². The SMILES string of the molecule is CC(C)(C)C(CC(=O)O)C(=O)OCC[N+](C)(C)C. The lowest BCUT2D eigenvalue weighted by Crippen LogP contribution is -2.39. The number of esters is 1. The highest BCUT2D eigenvalue weighted by molar-refractivity contribution is 5.79. The first-order valence-electron chi connectivity index (χ1n) is 6.12. The van der Waals surface area contributed by atoms with Crippen LogP contribution in [0.4, 0.5) is 0 Å². The Bertz CT molecular complexity index is 299. The molecule has 0 saturated carbocycles. The van der Waals surface area contributed by atoms with Crippen molar-refractivity contribution in [3.63, 3.8) is 0 Å². The fourth-order valence-corrected chi connectivity index (χ4v) is 1.44. The summed E-state index contributed by atoms with van der Waals surface area (Å²) in [6.07, 6.45) is -0.188. The van der Waals surface area contributed by atoms with Crippen molar-refractivity contribution in [2.45, 2.75) is 27.2 Å². The summed E-state index contributed by atoms with van der Waals surface area (Å²) in [7, 11) is 6.02. The Balaban J connectivity index is 4.45. The second-order valence-corrected chi connectivity index (χ2v) is 6.70. The first kappa shape index (κ1) is 16.9. The summed E-state index contributed by atoms with van der Waals surface area (Å²) in [5, 5.41) is 8.84. The third kappa shape index (κ3) is 7.27. The third-order valence-electron chi connectivity index (χ3n) is 2.72. The summed E-state index contributed by atoms with van der Waals surface area (Å²) in [5.41, 5.74) is -0.411. The van der Waals surface area contributed by atoms with Gasteiger partial charge in [-0.1, -0.05) is 20.8 Å². The highest BCUT2D eigenvalue weighted by Crippen LogP contribution is 2.29. The summed E-state index contributed by atoms with van der Waals surface area (Å²) in [6.45, 7) is 6.56. The summed E-state index contributed by atoms with van der Waals surface area (Å²) < 4.78 is 5.89. The molecular formula is C13H26NO4+. The molecule has 0 aliphatic heterocycles. The fraction of sp³-hybridized carbons (Fsp3) is 0.846. The highest BCUT2D eigenvalue weighted by atomic mass is 16.5. The lowest BCUT2D eigenvalue weighted by molar-refractivity contribution is -0.870. The van der Waals surface area contributed by atoms with Gasteiger partial charge in [0.15, 0.2) is 0 Å². The predicted molar refractivity (Wildman–Crippen MR) is 69.1 cm³/mol. The summed E-state index contributed by atoms with van der Waals surface area (Å²) in [5.74, 6) is -2.00. The van der Waals surface area contributed by atoms with E-state index in [9.17, 15) is 9.59 Å². The van der Waals surface area contributed by atoms with Crippen LogP contribution in [0.15, 0.2) is 0 Å². The van der Waals surface area contributed by atoms with Crippen LogP contribution in [0.5, 0.6) is 0 Å². The number of carboxylic acid groups (broad SMARTS) is 1. The van der Waals surface area contributed by atoms with E-state index in [0.717, 1.165) is 0 Å². The Labute approximate surface area is 109 Å². The maximum absolute atomic E-state index is 11.9. The molecule has 5 nitrogen and oxygen atoms in total. The van der Waals surface area contributed by atoms with Crippen LogP contribution in [0, 0.1) is 11.3 Å². The van der Waals surface area contributed by atoms with Crippen molar-refractivity contribution < 1.29 is 23.9 Å². The van der Waals surface area contributed by atoms with Crippen LogP contribution >= 0.6 is 0 Å². The largest absolute Gasteiger partial charge is 0.481 e. The standard InChI is InChI=1S/C13H25NO4/c1-13(2,3)10(9-11(15)16)12(17)18-8-7-14(4,5)6/h10H,7-9H2,1-6H3/p+1. The molecule has 0 rings (SSSR count). The van der Waals surface area contributed by atoms with Gasteiger partial charge in [-0.25, -0.2) is 0 Å². The minimum atomic E-state index is -0.974. The predicted octanol–water partition coefficient (Wildman–Crippen LogP) is 1.37. The molecule has 0 aromatic heterocycles. The van der Waals surface area contributed by atoms with Gasteiger partial charge in [-0.05, 0) is 5.41 Å². The zero-order valence-electron chi connectivity index (χ0n) is 12.3. The van der Waals surface area contributed by atoms with E-state index in [1.807, 2.05) is 41.9 Å². The van der Waals surface area contributed by atoms with Gasteiger partial charge in [0.05, 0.1) is 33.5 Å². The first-order chi connectivity index (χ1) is 7.93. The van der Waals surface area contributed by atoms with Gasteiger partial charge in [-0.2, -0.15) is 0 Å². The van der Waals surface area contributed by atoms with E-state index in [2.05, 4.69) is 0 Å². The van der Waals surface area contributed by atoms with Gasteiger partial charge in [-0.3, -0.25) is 9.59 Å². The Morgan fingerprint density at radius 2 is 1.72 bits per heavy atom. The van der Waals surface area contributed by atoms with Crippen LogP contribution in [0.2, 0.25) is 0 Å². The molecule has 5 heteroatoms. The molecule has 1 N–H and O–H groups in total. The van der Waals surface area contributed by atoms with Crippen LogP contribution in [0.25, 0.3) is 0 Å². The van der Waals surface area contributed by atoms with Crippen molar-refractivity contribution >= 4 is 11.9 Å². The second kappa shape index (κ2) is 6.18. The van der Waals surface area contributed by atoms with Gasteiger partial charge < -0.3 is 14.3 Å². The van der Waals surface area contributed by atoms with Gasteiger partial charge in [0.25, 0.3) is 0 Å². The molecule has 0 aliphatic rings. The number of ether oxygens (including phenoxy) is 1. The van der Waals surface area contributed by atoms with Gasteiger partial charge >= 0.3 is 11.9 Å². The van der Waals surface area contributed by atoms with Crippen LogP contribution in [0.3, 0.4) is 0 Å². The maximum atomic E-state index is 11.9. The number of hydrogen-bond acceptors (Lipinski definition) is 3. The van der Waals surface area contributed by atoms with Gasteiger partial charge in [0.2, 0.25) is 0 Å². The number of aliphatic carboxylic acids is 1. The van der Waals surface area contributed by atoms with Crippen LogP contribution in [0.1, 0.15) is 27.2 Å². The van der Waals surface area contributed by atoms with Crippen molar-refractivity contribution in [2.75, 3.05) is 34.3 Å². The molecule has 18 heavy (non-hydrogen) atoms. The van der Waals surface area contributed by atoms with Crippen molar-refractivity contribution in [1.82, 2.24) is 0 Å². The molecule has 1 atom stereocenters. The molecule has 0 aromatic rings. The molecule has 1 unspecified atom stereocenters. The van der Waals surface area contributed by atoms with Crippen molar-refractivity contribution in [2.24, 2.45) is 11.3 Å². The Morgan fingerprint density at radius 1 is 1.22 bits per heavy atom. The van der Waals surface area contributed by atoms with E-state index in [1.165, 1.54) is 0 Å². The van der Waals surface area contributed by atoms with Crippen molar-refractivity contribution in [3.8, 4) is 0 Å². The number of rotatable bonds is 6. The van der Waals surface area contributed by atoms with E-state index in [4.69, 9.17) is 9.84 Å². The Hall–Kier alpha value is -1.10. The molecule has 0 aromatic carbocycles. The molecule has 106 valence electrons. The third-order valence-corrected chi connectivity index (χ3v) is 2.72. The van der Waals surface area contributed by atoms with Crippen LogP contribution < -0.4 is 0 Å². The highest BCUT2D eigenvalue weighted by Gasteiger charge is 2.34. The van der Waals surface area contributed by atoms with Gasteiger partial charge in [0, 0.05) is 0 Å². The van der Waals surface area contributed by atoms with E-state index < -0.39 is 23.3 Å². The molecule has 0 bridgehead atoms. The molecule has 0 amide bonds. The quantitative estimate of drug-likeness (QED) is 0.579. The van der Waals surface area contributed by atoms with E-state index in [-0.39, 0.29) is 6.42 Å². The number of carboxylic acids is 1. The maximum Gasteiger partial charge on any atom is 0.310 e. The van der Waals surface area contributed by atoms with E-state index in [1.54, 1.807) is 0 Å². The molecule has 0 radical (unpaired) electrons. The number of hydrogen-bond donors (Lipinski definition) is 1. The van der Waals surface area contributed by atoms with Crippen LogP contribution in [-0.4, -0.2) is 55.8 Å². The van der Waals surface area contributed by atoms with Crippen LogP contribution in [-0.2, 0) is 14.3 Å². The molecule has 0 heterocycles.